The SMILES string of the molecule is CC(N)(Cc1cc(O)c(I)cc1I)C(=O)O. The van der Waals surface area contributed by atoms with Gasteiger partial charge in [-0.25, -0.2) is 0 Å². The lowest BCUT2D eigenvalue weighted by atomic mass is 9.94. The van der Waals surface area contributed by atoms with Crippen LogP contribution in [0.4, 0.5) is 0 Å². The number of nitrogens with two attached hydrogens (primary N) is 1. The smallest absolute Gasteiger partial charge is 0.323 e. The average Bonchev–Trinajstić information content (AvgIpc) is 2.13. The minimum atomic E-state index is -1.32. The fourth-order valence-electron chi connectivity index (χ4n) is 1.19. The topological polar surface area (TPSA) is 83.5 Å². The summed E-state index contributed by atoms with van der Waals surface area (Å²) in [5.74, 6) is -0.904. The molecule has 0 aliphatic heterocycles. The zero-order valence-electron chi connectivity index (χ0n) is 8.50. The van der Waals surface area contributed by atoms with Crippen molar-refractivity contribution in [3.63, 3.8) is 0 Å². The van der Waals surface area contributed by atoms with Crippen molar-refractivity contribution in [3.05, 3.63) is 24.8 Å². The number of carboxylic acid groups (broad SMARTS) is 1. The zero-order chi connectivity index (χ0) is 12.5. The van der Waals surface area contributed by atoms with Gasteiger partial charge in [0, 0.05) is 9.99 Å². The number of benzene rings is 1. The number of hydrogen-bond donors (Lipinski definition) is 3. The summed E-state index contributed by atoms with van der Waals surface area (Å²) in [6.07, 6.45) is 0.186. The molecule has 0 aliphatic rings. The van der Waals surface area contributed by atoms with Crippen molar-refractivity contribution in [3.8, 4) is 5.75 Å². The molecular weight excluding hydrogens is 436 g/mol. The van der Waals surface area contributed by atoms with Crippen LogP contribution < -0.4 is 5.73 Å². The van der Waals surface area contributed by atoms with Crippen molar-refractivity contribution in [1.29, 1.82) is 0 Å². The van der Waals surface area contributed by atoms with E-state index in [0.29, 0.717) is 0 Å². The molecule has 4 N–H and O–H groups in total. The van der Waals surface area contributed by atoms with Crippen LogP contribution >= 0.6 is 45.2 Å². The Bertz CT molecular complexity index is 432. The van der Waals surface area contributed by atoms with Gasteiger partial charge in [-0.1, -0.05) is 0 Å². The van der Waals surface area contributed by atoms with E-state index in [2.05, 4.69) is 22.6 Å². The lowest BCUT2D eigenvalue weighted by molar-refractivity contribution is -0.142. The van der Waals surface area contributed by atoms with E-state index in [4.69, 9.17) is 10.8 Å². The van der Waals surface area contributed by atoms with Crippen LogP contribution in [-0.4, -0.2) is 21.7 Å². The van der Waals surface area contributed by atoms with Crippen molar-refractivity contribution < 1.29 is 15.0 Å². The Hall–Kier alpha value is -0.0900. The number of phenolic OH excluding ortho intramolecular Hbond substituents is 1. The largest absolute Gasteiger partial charge is 0.507 e. The van der Waals surface area contributed by atoms with Crippen LogP contribution in [0.1, 0.15) is 12.5 Å². The lowest BCUT2D eigenvalue weighted by Gasteiger charge is -2.20. The molecular formula is C10H11I2NO3. The highest BCUT2D eigenvalue weighted by Gasteiger charge is 2.29. The molecule has 0 spiro atoms. The van der Waals surface area contributed by atoms with Gasteiger partial charge in [0.25, 0.3) is 0 Å². The Kier molecular flexibility index (Phi) is 4.41. The first-order chi connectivity index (χ1) is 7.24. The monoisotopic (exact) mass is 447 g/mol. The van der Waals surface area contributed by atoms with Crippen LogP contribution in [0.3, 0.4) is 0 Å². The molecule has 88 valence electrons. The highest BCUT2D eigenvalue weighted by Crippen LogP contribution is 2.27. The van der Waals surface area contributed by atoms with Crippen molar-refractivity contribution in [2.24, 2.45) is 5.73 Å². The summed E-state index contributed by atoms with van der Waals surface area (Å²) < 4.78 is 1.64. The second-order valence-electron chi connectivity index (χ2n) is 3.79. The normalized spacial score (nSPS) is 14.5. The summed E-state index contributed by atoms with van der Waals surface area (Å²) in [5, 5.41) is 18.5. The Morgan fingerprint density at radius 3 is 2.50 bits per heavy atom. The molecule has 0 heterocycles. The molecule has 1 aromatic carbocycles. The van der Waals surface area contributed by atoms with Crippen LogP contribution in [0, 0.1) is 7.14 Å². The molecule has 0 bridgehead atoms. The van der Waals surface area contributed by atoms with Gasteiger partial charge in [0.1, 0.15) is 11.3 Å². The van der Waals surface area contributed by atoms with E-state index in [0.717, 1.165) is 12.7 Å². The van der Waals surface area contributed by atoms with Crippen molar-refractivity contribution in [2.75, 3.05) is 0 Å². The molecule has 16 heavy (non-hydrogen) atoms. The number of phenols is 1. The summed E-state index contributed by atoms with van der Waals surface area (Å²) in [6, 6.07) is 3.36. The van der Waals surface area contributed by atoms with Crippen LogP contribution in [0.5, 0.6) is 5.75 Å². The van der Waals surface area contributed by atoms with Gasteiger partial charge in [-0.15, -0.1) is 0 Å². The molecule has 0 fully saturated rings. The lowest BCUT2D eigenvalue weighted by Crippen LogP contribution is -2.46. The third-order valence-electron chi connectivity index (χ3n) is 2.16. The minimum absolute atomic E-state index is 0.150. The maximum atomic E-state index is 10.9. The number of carboxylic acids is 1. The van der Waals surface area contributed by atoms with E-state index < -0.39 is 11.5 Å². The van der Waals surface area contributed by atoms with Gasteiger partial charge in [0.15, 0.2) is 0 Å². The van der Waals surface area contributed by atoms with Crippen molar-refractivity contribution in [1.82, 2.24) is 0 Å². The minimum Gasteiger partial charge on any atom is -0.507 e. The fourth-order valence-corrected chi connectivity index (χ4v) is 2.91. The van der Waals surface area contributed by atoms with E-state index in [1.54, 1.807) is 12.1 Å². The van der Waals surface area contributed by atoms with Crippen molar-refractivity contribution >= 4 is 51.2 Å². The molecule has 0 amide bonds. The first-order valence-electron chi connectivity index (χ1n) is 4.43. The van der Waals surface area contributed by atoms with E-state index in [1.807, 2.05) is 22.6 Å². The molecule has 0 saturated heterocycles. The maximum Gasteiger partial charge on any atom is 0.323 e. The molecule has 1 aromatic rings. The molecule has 0 aromatic heterocycles. The molecule has 1 rings (SSSR count). The molecule has 1 atom stereocenters. The second-order valence-corrected chi connectivity index (χ2v) is 6.12. The number of halogens is 2. The number of carbonyl (C=O) groups is 1. The first kappa shape index (κ1) is 14.0. The fraction of sp³-hybridized carbons (Fsp3) is 0.300. The Morgan fingerprint density at radius 2 is 2.00 bits per heavy atom. The summed E-state index contributed by atoms with van der Waals surface area (Å²) in [7, 11) is 0. The number of hydrogen-bond acceptors (Lipinski definition) is 3. The standard InChI is InChI=1S/C10H11I2NO3/c1-10(13,9(15)16)4-5-2-8(14)7(12)3-6(5)11/h2-3,14H,4,13H2,1H3,(H,15,16). The van der Waals surface area contributed by atoms with Crippen LogP contribution in [0.15, 0.2) is 12.1 Å². The Morgan fingerprint density at radius 1 is 1.44 bits per heavy atom. The quantitative estimate of drug-likeness (QED) is 0.619. The van der Waals surface area contributed by atoms with Crippen LogP contribution in [0.25, 0.3) is 0 Å². The number of aromatic hydroxyl groups is 1. The Balaban J connectivity index is 3.07. The third kappa shape index (κ3) is 3.20. The van der Waals surface area contributed by atoms with Gasteiger partial charge in [-0.2, -0.15) is 0 Å². The summed E-state index contributed by atoms with van der Waals surface area (Å²) >= 11 is 4.12. The molecule has 1 unspecified atom stereocenters. The highest BCUT2D eigenvalue weighted by molar-refractivity contribution is 14.1. The van der Waals surface area contributed by atoms with Crippen LogP contribution in [0.2, 0.25) is 0 Å². The average molecular weight is 447 g/mol. The first-order valence-corrected chi connectivity index (χ1v) is 6.59. The van der Waals surface area contributed by atoms with Gasteiger partial charge in [-0.3, -0.25) is 4.79 Å². The van der Waals surface area contributed by atoms with E-state index in [1.165, 1.54) is 6.92 Å². The van der Waals surface area contributed by atoms with Gasteiger partial charge in [0.05, 0.1) is 3.57 Å². The number of aliphatic carboxylic acids is 1. The molecule has 0 aliphatic carbocycles. The van der Waals surface area contributed by atoms with Crippen molar-refractivity contribution in [2.45, 2.75) is 18.9 Å². The van der Waals surface area contributed by atoms with E-state index >= 15 is 0 Å². The van der Waals surface area contributed by atoms with Crippen LogP contribution in [-0.2, 0) is 11.2 Å². The maximum absolute atomic E-state index is 10.9. The summed E-state index contributed by atoms with van der Waals surface area (Å²) in [4.78, 5) is 10.9. The number of rotatable bonds is 3. The van der Waals surface area contributed by atoms with Gasteiger partial charge in [-0.05, 0) is 69.8 Å². The third-order valence-corrected chi connectivity index (χ3v) is 4.03. The summed E-state index contributed by atoms with van der Waals surface area (Å²) in [5.41, 5.74) is 5.08. The predicted molar refractivity (Wildman–Crippen MR) is 77.5 cm³/mol. The predicted octanol–water partition coefficient (Wildman–Crippen LogP) is 1.95. The van der Waals surface area contributed by atoms with Gasteiger partial charge in [0.2, 0.25) is 0 Å². The zero-order valence-corrected chi connectivity index (χ0v) is 12.8. The summed E-state index contributed by atoms with van der Waals surface area (Å²) in [6.45, 7) is 1.46. The molecule has 0 saturated carbocycles. The Labute approximate surface area is 121 Å². The van der Waals surface area contributed by atoms with E-state index in [-0.39, 0.29) is 12.2 Å². The molecule has 0 radical (unpaired) electrons. The highest BCUT2D eigenvalue weighted by atomic mass is 127. The van der Waals surface area contributed by atoms with E-state index in [9.17, 15) is 9.90 Å². The second kappa shape index (κ2) is 5.05. The molecule has 6 heteroatoms. The molecule has 4 nitrogen and oxygen atoms in total. The van der Waals surface area contributed by atoms with Gasteiger partial charge >= 0.3 is 5.97 Å². The van der Waals surface area contributed by atoms with Gasteiger partial charge < -0.3 is 15.9 Å².